The van der Waals surface area contributed by atoms with Crippen LogP contribution in [0.25, 0.3) is 0 Å². The zero-order valence-corrected chi connectivity index (χ0v) is 10.9. The number of aliphatic hydroxyl groups is 1. The maximum Gasteiger partial charge on any atom is 0.274 e. The summed E-state index contributed by atoms with van der Waals surface area (Å²) in [5, 5.41) is 20.5. The number of amides is 1. The number of benzene rings is 1. The Morgan fingerprint density at radius 3 is 2.55 bits per heavy atom. The van der Waals surface area contributed by atoms with Crippen LogP contribution in [0.2, 0.25) is 0 Å². The van der Waals surface area contributed by atoms with Crippen molar-refractivity contribution in [2.45, 2.75) is 13.5 Å². The maximum atomic E-state index is 12.0. The molecule has 0 radical (unpaired) electrons. The van der Waals surface area contributed by atoms with E-state index < -0.39 is 0 Å². The summed E-state index contributed by atoms with van der Waals surface area (Å²) < 4.78 is 0. The zero-order valence-electron chi connectivity index (χ0n) is 10.9. The summed E-state index contributed by atoms with van der Waals surface area (Å²) in [5.41, 5.74) is 2.63. The lowest BCUT2D eigenvalue weighted by Crippen LogP contribution is -2.14. The predicted molar refractivity (Wildman–Crippen MR) is 74.0 cm³/mol. The van der Waals surface area contributed by atoms with Crippen LogP contribution in [-0.2, 0) is 6.61 Å². The normalized spacial score (nSPS) is 9.85. The Balaban J connectivity index is 2.15. The molecule has 20 heavy (non-hydrogen) atoms. The number of nitriles is 1. The third-order valence-corrected chi connectivity index (χ3v) is 2.83. The minimum atomic E-state index is -0.339. The first kappa shape index (κ1) is 13.7. The van der Waals surface area contributed by atoms with Gasteiger partial charge in [-0.25, -0.2) is 4.98 Å². The van der Waals surface area contributed by atoms with Crippen LogP contribution in [0.4, 0.5) is 5.69 Å². The molecule has 5 nitrogen and oxygen atoms in total. The van der Waals surface area contributed by atoms with Crippen LogP contribution in [0.3, 0.4) is 0 Å². The largest absolute Gasteiger partial charge is 0.392 e. The molecule has 0 unspecified atom stereocenters. The predicted octanol–water partition coefficient (Wildman–Crippen LogP) is 2.01. The van der Waals surface area contributed by atoms with Crippen LogP contribution in [0.5, 0.6) is 0 Å². The molecular formula is C15H13N3O2. The monoisotopic (exact) mass is 267 g/mol. The average molecular weight is 267 g/mol. The van der Waals surface area contributed by atoms with Gasteiger partial charge in [-0.2, -0.15) is 5.26 Å². The number of carbonyl (C=O) groups is 1. The first-order valence-corrected chi connectivity index (χ1v) is 6.03. The molecule has 100 valence electrons. The minimum Gasteiger partial charge on any atom is -0.392 e. The highest BCUT2D eigenvalue weighted by Gasteiger charge is 2.09. The fourth-order valence-electron chi connectivity index (χ4n) is 1.69. The third kappa shape index (κ3) is 2.99. The van der Waals surface area contributed by atoms with Gasteiger partial charge in [0.15, 0.2) is 0 Å². The van der Waals surface area contributed by atoms with Gasteiger partial charge in [-0.3, -0.25) is 4.79 Å². The number of hydrogen-bond donors (Lipinski definition) is 2. The van der Waals surface area contributed by atoms with E-state index in [1.807, 2.05) is 6.07 Å². The average Bonchev–Trinajstić information content (AvgIpc) is 2.48. The fraction of sp³-hybridized carbons (Fsp3) is 0.133. The number of aryl methyl sites for hydroxylation is 1. The number of hydrogen-bond acceptors (Lipinski definition) is 4. The highest BCUT2D eigenvalue weighted by Crippen LogP contribution is 2.12. The first-order chi connectivity index (χ1) is 9.63. The Labute approximate surface area is 116 Å². The second-order valence-electron chi connectivity index (χ2n) is 4.25. The van der Waals surface area contributed by atoms with E-state index in [1.165, 1.54) is 6.07 Å². The van der Waals surface area contributed by atoms with Crippen molar-refractivity contribution in [3.8, 4) is 6.07 Å². The van der Waals surface area contributed by atoms with Gasteiger partial charge in [0.25, 0.3) is 5.91 Å². The smallest absolute Gasteiger partial charge is 0.274 e. The molecule has 2 aromatic rings. The van der Waals surface area contributed by atoms with Gasteiger partial charge in [-0.05, 0) is 36.8 Å². The molecule has 2 N–H and O–H groups in total. The van der Waals surface area contributed by atoms with E-state index in [0.717, 1.165) is 5.56 Å². The summed E-state index contributed by atoms with van der Waals surface area (Å²) in [7, 11) is 0. The van der Waals surface area contributed by atoms with Crippen LogP contribution in [-0.4, -0.2) is 16.0 Å². The summed E-state index contributed by atoms with van der Waals surface area (Å²) >= 11 is 0. The van der Waals surface area contributed by atoms with Crippen LogP contribution in [0.1, 0.15) is 27.3 Å². The van der Waals surface area contributed by atoms with E-state index in [4.69, 9.17) is 10.4 Å². The molecule has 0 atom stereocenters. The van der Waals surface area contributed by atoms with E-state index >= 15 is 0 Å². The summed E-state index contributed by atoms with van der Waals surface area (Å²) in [5.74, 6) is -0.339. The van der Waals surface area contributed by atoms with Gasteiger partial charge in [0.2, 0.25) is 0 Å². The second-order valence-corrected chi connectivity index (χ2v) is 4.25. The molecule has 0 saturated carbocycles. The highest BCUT2D eigenvalue weighted by molar-refractivity contribution is 6.02. The van der Waals surface area contributed by atoms with Crippen molar-refractivity contribution < 1.29 is 9.90 Å². The first-order valence-electron chi connectivity index (χ1n) is 6.03. The van der Waals surface area contributed by atoms with Gasteiger partial charge in [-0.1, -0.05) is 12.1 Å². The molecule has 5 heteroatoms. The molecule has 0 saturated heterocycles. The summed E-state index contributed by atoms with van der Waals surface area (Å²) in [6.07, 6.45) is 0. The molecule has 0 bridgehead atoms. The van der Waals surface area contributed by atoms with E-state index in [-0.39, 0.29) is 18.2 Å². The van der Waals surface area contributed by atoms with Crippen molar-refractivity contribution in [2.75, 3.05) is 5.32 Å². The number of carbonyl (C=O) groups excluding carboxylic acids is 1. The van der Waals surface area contributed by atoms with Crippen molar-refractivity contribution in [3.63, 3.8) is 0 Å². The van der Waals surface area contributed by atoms with Crippen molar-refractivity contribution in [1.29, 1.82) is 5.26 Å². The van der Waals surface area contributed by atoms with Gasteiger partial charge in [0.1, 0.15) is 11.8 Å². The molecule has 1 aromatic heterocycles. The number of aliphatic hydroxyl groups excluding tert-OH is 1. The van der Waals surface area contributed by atoms with E-state index in [2.05, 4.69) is 10.3 Å². The van der Waals surface area contributed by atoms with Crippen LogP contribution in [0.15, 0.2) is 36.4 Å². The lowest BCUT2D eigenvalue weighted by molar-refractivity contribution is 0.102. The molecule has 0 fully saturated rings. The zero-order chi connectivity index (χ0) is 14.5. The molecule has 0 aliphatic rings. The number of pyridine rings is 1. The van der Waals surface area contributed by atoms with E-state index in [1.54, 1.807) is 37.3 Å². The summed E-state index contributed by atoms with van der Waals surface area (Å²) in [4.78, 5) is 16.1. The SMILES string of the molecule is Cc1nc(C(=O)Nc2ccc(CO)cc2)ccc1C#N. The molecule has 1 aromatic carbocycles. The Kier molecular flexibility index (Phi) is 4.08. The van der Waals surface area contributed by atoms with Crippen molar-refractivity contribution in [2.24, 2.45) is 0 Å². The Hall–Kier alpha value is -2.71. The lowest BCUT2D eigenvalue weighted by atomic mass is 10.2. The van der Waals surface area contributed by atoms with Crippen LogP contribution < -0.4 is 5.32 Å². The standard InChI is InChI=1S/C15H13N3O2/c1-10-12(8-16)4-7-14(17-10)15(20)18-13-5-2-11(9-19)3-6-13/h2-7,19H,9H2,1H3,(H,18,20). The number of nitrogens with zero attached hydrogens (tertiary/aromatic N) is 2. The highest BCUT2D eigenvalue weighted by atomic mass is 16.3. The Morgan fingerprint density at radius 2 is 2.00 bits per heavy atom. The van der Waals surface area contributed by atoms with Crippen molar-refractivity contribution in [1.82, 2.24) is 4.98 Å². The maximum absolute atomic E-state index is 12.0. The number of anilines is 1. The fourth-order valence-corrected chi connectivity index (χ4v) is 1.69. The van der Waals surface area contributed by atoms with Crippen molar-refractivity contribution >= 4 is 11.6 Å². The molecule has 0 spiro atoms. The number of aromatic nitrogens is 1. The van der Waals surface area contributed by atoms with E-state index in [9.17, 15) is 4.79 Å². The molecule has 1 heterocycles. The number of nitrogens with one attached hydrogen (secondary N) is 1. The quantitative estimate of drug-likeness (QED) is 0.890. The van der Waals surface area contributed by atoms with Gasteiger partial charge in [0, 0.05) is 5.69 Å². The Bertz CT molecular complexity index is 673. The second kappa shape index (κ2) is 5.95. The van der Waals surface area contributed by atoms with Crippen molar-refractivity contribution in [3.05, 3.63) is 58.9 Å². The minimum absolute atomic E-state index is 0.0371. The Morgan fingerprint density at radius 1 is 1.30 bits per heavy atom. The van der Waals surface area contributed by atoms with Gasteiger partial charge >= 0.3 is 0 Å². The van der Waals surface area contributed by atoms with Gasteiger partial charge in [-0.15, -0.1) is 0 Å². The molecule has 0 aliphatic carbocycles. The summed E-state index contributed by atoms with van der Waals surface area (Å²) in [6.45, 7) is 1.65. The third-order valence-electron chi connectivity index (χ3n) is 2.83. The topological polar surface area (TPSA) is 86.0 Å². The molecule has 1 amide bonds. The van der Waals surface area contributed by atoms with Crippen LogP contribution in [0, 0.1) is 18.3 Å². The van der Waals surface area contributed by atoms with Crippen LogP contribution >= 0.6 is 0 Å². The van der Waals surface area contributed by atoms with E-state index in [0.29, 0.717) is 16.9 Å². The number of rotatable bonds is 3. The molecule has 2 rings (SSSR count). The molecule has 0 aliphatic heterocycles. The van der Waals surface area contributed by atoms with Gasteiger partial charge < -0.3 is 10.4 Å². The van der Waals surface area contributed by atoms with Gasteiger partial charge in [0.05, 0.1) is 17.9 Å². The summed E-state index contributed by atoms with van der Waals surface area (Å²) in [6, 6.07) is 12.0. The molecular weight excluding hydrogens is 254 g/mol. The lowest BCUT2D eigenvalue weighted by Gasteiger charge is -2.06.